The lowest BCUT2D eigenvalue weighted by molar-refractivity contribution is 0.350. The maximum atomic E-state index is 6.06. The van der Waals surface area contributed by atoms with Gasteiger partial charge in [0.1, 0.15) is 5.01 Å². The molecule has 0 aliphatic heterocycles. The van der Waals surface area contributed by atoms with E-state index < -0.39 is 0 Å². The number of nitrogens with one attached hydrogen (secondary N) is 1. The van der Waals surface area contributed by atoms with E-state index in [9.17, 15) is 0 Å². The van der Waals surface area contributed by atoms with Crippen LogP contribution in [0, 0.1) is 0 Å². The van der Waals surface area contributed by atoms with E-state index in [1.807, 2.05) is 48.7 Å². The number of para-hydroxylation sites is 1. The first-order valence-electron chi connectivity index (χ1n) is 7.82. The van der Waals surface area contributed by atoms with E-state index in [4.69, 9.17) is 21.1 Å². The molecule has 0 aliphatic rings. The molecule has 25 heavy (non-hydrogen) atoms. The summed E-state index contributed by atoms with van der Waals surface area (Å²) in [7, 11) is 3.29. The highest BCUT2D eigenvalue weighted by Gasteiger charge is 2.10. The van der Waals surface area contributed by atoms with E-state index in [0.717, 1.165) is 37.5 Å². The third-order valence-electron chi connectivity index (χ3n) is 3.74. The van der Waals surface area contributed by atoms with Gasteiger partial charge in [-0.15, -0.1) is 11.3 Å². The largest absolute Gasteiger partial charge is 0.493 e. The molecule has 0 amide bonds. The van der Waals surface area contributed by atoms with Crippen LogP contribution < -0.4 is 14.8 Å². The van der Waals surface area contributed by atoms with Crippen molar-refractivity contribution in [2.24, 2.45) is 0 Å². The van der Waals surface area contributed by atoms with Crippen LogP contribution in [0.4, 0.5) is 0 Å². The lowest BCUT2D eigenvalue weighted by Gasteiger charge is -2.12. The van der Waals surface area contributed by atoms with Gasteiger partial charge in [0, 0.05) is 29.9 Å². The molecule has 0 spiro atoms. The van der Waals surface area contributed by atoms with Crippen LogP contribution in [0.15, 0.2) is 48.7 Å². The molecule has 2 aromatic carbocycles. The van der Waals surface area contributed by atoms with Gasteiger partial charge in [0.2, 0.25) is 0 Å². The first kappa shape index (κ1) is 17.7. The summed E-state index contributed by atoms with van der Waals surface area (Å²) < 4.78 is 10.8. The van der Waals surface area contributed by atoms with Crippen molar-refractivity contribution >= 4 is 22.9 Å². The zero-order valence-electron chi connectivity index (χ0n) is 14.1. The normalized spacial score (nSPS) is 10.7. The molecule has 6 heteroatoms. The van der Waals surface area contributed by atoms with Gasteiger partial charge < -0.3 is 14.8 Å². The monoisotopic (exact) mass is 374 g/mol. The molecule has 0 atom stereocenters. The average Bonchev–Trinajstić information content (AvgIpc) is 3.10. The van der Waals surface area contributed by atoms with E-state index in [-0.39, 0.29) is 0 Å². The van der Waals surface area contributed by atoms with Crippen LogP contribution >= 0.6 is 22.9 Å². The van der Waals surface area contributed by atoms with Gasteiger partial charge in [-0.1, -0.05) is 35.9 Å². The fourth-order valence-electron chi connectivity index (χ4n) is 2.56. The Morgan fingerprint density at radius 3 is 2.68 bits per heavy atom. The van der Waals surface area contributed by atoms with Gasteiger partial charge in [-0.2, -0.15) is 0 Å². The SMILES string of the molecule is COc1cccc(CNCc2ncc(-c3cccc(Cl)c3)s2)c1OC. The molecule has 0 aliphatic carbocycles. The molecule has 3 aromatic rings. The molecule has 0 radical (unpaired) electrons. The highest BCUT2D eigenvalue weighted by atomic mass is 35.5. The first-order chi connectivity index (χ1) is 12.2. The topological polar surface area (TPSA) is 43.4 Å². The van der Waals surface area contributed by atoms with E-state index >= 15 is 0 Å². The molecule has 0 fully saturated rings. The Hall–Kier alpha value is -2.08. The van der Waals surface area contributed by atoms with Gasteiger partial charge in [0.15, 0.2) is 11.5 Å². The number of nitrogens with zero attached hydrogens (tertiary/aromatic N) is 1. The van der Waals surface area contributed by atoms with Gasteiger partial charge in [0.25, 0.3) is 0 Å². The Labute approximate surface area is 156 Å². The predicted molar refractivity (Wildman–Crippen MR) is 103 cm³/mol. The smallest absolute Gasteiger partial charge is 0.165 e. The van der Waals surface area contributed by atoms with Gasteiger partial charge in [-0.25, -0.2) is 4.98 Å². The molecule has 1 aromatic heterocycles. The summed E-state index contributed by atoms with van der Waals surface area (Å²) in [5, 5.41) is 5.16. The zero-order valence-corrected chi connectivity index (χ0v) is 15.7. The number of aromatic nitrogens is 1. The van der Waals surface area contributed by atoms with E-state index in [0.29, 0.717) is 13.1 Å². The number of rotatable bonds is 7. The Morgan fingerprint density at radius 2 is 1.92 bits per heavy atom. The van der Waals surface area contributed by atoms with Gasteiger partial charge in [-0.05, 0) is 23.8 Å². The lowest BCUT2D eigenvalue weighted by Crippen LogP contribution is -2.13. The van der Waals surface area contributed by atoms with Crippen molar-refractivity contribution in [3.05, 3.63) is 64.3 Å². The van der Waals surface area contributed by atoms with Crippen LogP contribution in [0.1, 0.15) is 10.6 Å². The standard InChI is InChI=1S/C19H19ClN2O2S/c1-23-16-8-4-6-14(19(16)24-2)10-21-12-18-22-11-17(25-18)13-5-3-7-15(20)9-13/h3-9,11,21H,10,12H2,1-2H3. The van der Waals surface area contributed by atoms with E-state index in [2.05, 4.69) is 10.3 Å². The summed E-state index contributed by atoms with van der Waals surface area (Å²) in [6.07, 6.45) is 1.89. The molecule has 0 unspecified atom stereocenters. The van der Waals surface area contributed by atoms with Gasteiger partial charge >= 0.3 is 0 Å². The molecule has 3 rings (SSSR count). The van der Waals surface area contributed by atoms with Crippen molar-refractivity contribution < 1.29 is 9.47 Å². The predicted octanol–water partition coefficient (Wildman–Crippen LogP) is 4.77. The molecule has 1 heterocycles. The van der Waals surface area contributed by atoms with Gasteiger partial charge in [0.05, 0.1) is 19.1 Å². The summed E-state index contributed by atoms with van der Waals surface area (Å²) in [5.74, 6) is 1.50. The van der Waals surface area contributed by atoms with Crippen molar-refractivity contribution in [3.63, 3.8) is 0 Å². The van der Waals surface area contributed by atoms with E-state index in [1.54, 1.807) is 25.6 Å². The lowest BCUT2D eigenvalue weighted by atomic mass is 10.2. The number of hydrogen-bond donors (Lipinski definition) is 1. The molecular formula is C19H19ClN2O2S. The maximum Gasteiger partial charge on any atom is 0.165 e. The third-order valence-corrected chi connectivity index (χ3v) is 5.02. The van der Waals surface area contributed by atoms with Crippen molar-refractivity contribution in [2.75, 3.05) is 14.2 Å². The van der Waals surface area contributed by atoms with Crippen LogP contribution in [0.5, 0.6) is 11.5 Å². The number of benzene rings is 2. The second kappa shape index (κ2) is 8.34. The number of hydrogen-bond acceptors (Lipinski definition) is 5. The summed E-state index contributed by atoms with van der Waals surface area (Å²) in [5.41, 5.74) is 2.14. The number of ether oxygens (including phenoxy) is 2. The third kappa shape index (κ3) is 4.31. The number of methoxy groups -OCH3 is 2. The Balaban J connectivity index is 1.64. The molecular weight excluding hydrogens is 356 g/mol. The average molecular weight is 375 g/mol. The summed E-state index contributed by atoms with van der Waals surface area (Å²) in [4.78, 5) is 5.60. The number of thiazole rings is 1. The quantitative estimate of drug-likeness (QED) is 0.646. The van der Waals surface area contributed by atoms with E-state index in [1.165, 1.54) is 0 Å². The van der Waals surface area contributed by atoms with Crippen LogP contribution in [0.2, 0.25) is 5.02 Å². The molecule has 0 saturated heterocycles. The minimum atomic E-state index is 0.673. The maximum absolute atomic E-state index is 6.06. The highest BCUT2D eigenvalue weighted by molar-refractivity contribution is 7.15. The fraction of sp³-hybridized carbons (Fsp3) is 0.211. The molecule has 4 nitrogen and oxygen atoms in total. The summed E-state index contributed by atoms with van der Waals surface area (Å²) in [6, 6.07) is 13.7. The van der Waals surface area contributed by atoms with Crippen molar-refractivity contribution in [1.82, 2.24) is 10.3 Å². The second-order valence-corrected chi connectivity index (χ2v) is 6.94. The Morgan fingerprint density at radius 1 is 1.08 bits per heavy atom. The van der Waals surface area contributed by atoms with Crippen molar-refractivity contribution in [1.29, 1.82) is 0 Å². The van der Waals surface area contributed by atoms with Crippen LogP contribution in [-0.4, -0.2) is 19.2 Å². The zero-order chi connectivity index (χ0) is 17.6. The van der Waals surface area contributed by atoms with Crippen LogP contribution in [0.25, 0.3) is 10.4 Å². The minimum Gasteiger partial charge on any atom is -0.493 e. The van der Waals surface area contributed by atoms with Gasteiger partial charge in [-0.3, -0.25) is 0 Å². The summed E-state index contributed by atoms with van der Waals surface area (Å²) >= 11 is 7.72. The molecule has 130 valence electrons. The molecule has 0 bridgehead atoms. The first-order valence-corrected chi connectivity index (χ1v) is 9.02. The molecule has 0 saturated carbocycles. The highest BCUT2D eigenvalue weighted by Crippen LogP contribution is 2.31. The minimum absolute atomic E-state index is 0.673. The Kier molecular flexibility index (Phi) is 5.91. The second-order valence-electron chi connectivity index (χ2n) is 5.38. The van der Waals surface area contributed by atoms with Crippen molar-refractivity contribution in [2.45, 2.75) is 13.1 Å². The van der Waals surface area contributed by atoms with Crippen molar-refractivity contribution in [3.8, 4) is 21.9 Å². The van der Waals surface area contributed by atoms with Crippen LogP contribution in [-0.2, 0) is 13.1 Å². The van der Waals surface area contributed by atoms with Crippen LogP contribution in [0.3, 0.4) is 0 Å². The fourth-order valence-corrected chi connectivity index (χ4v) is 3.64. The molecule has 1 N–H and O–H groups in total. The summed E-state index contributed by atoms with van der Waals surface area (Å²) in [6.45, 7) is 1.36. The number of halogens is 1. The Bertz CT molecular complexity index is 851.